The molecule has 0 radical (unpaired) electrons. The van der Waals surface area contributed by atoms with Crippen molar-refractivity contribution >= 4 is 0 Å². The molecule has 0 saturated carbocycles. The van der Waals surface area contributed by atoms with Crippen LogP contribution in [-0.4, -0.2) is 16.2 Å². The summed E-state index contributed by atoms with van der Waals surface area (Å²) in [7, 11) is 0. The van der Waals surface area contributed by atoms with Crippen molar-refractivity contribution in [1.82, 2.24) is 9.55 Å². The molecule has 0 spiro atoms. The van der Waals surface area contributed by atoms with Crippen molar-refractivity contribution in [2.45, 2.75) is 25.6 Å². The molecule has 4 heteroatoms. The van der Waals surface area contributed by atoms with E-state index in [0.29, 0.717) is 6.54 Å². The van der Waals surface area contributed by atoms with Crippen molar-refractivity contribution in [3.63, 3.8) is 0 Å². The first kappa shape index (κ1) is 11.4. The largest absolute Gasteiger partial charge is 0.371 e. The maximum absolute atomic E-state index is 5.89. The molecule has 1 aliphatic rings. The predicted molar refractivity (Wildman–Crippen MR) is 69.0 cm³/mol. The summed E-state index contributed by atoms with van der Waals surface area (Å²) in [5.41, 5.74) is 8.35. The fourth-order valence-electron chi connectivity index (χ4n) is 2.50. The molecule has 0 amide bonds. The van der Waals surface area contributed by atoms with Gasteiger partial charge in [-0.05, 0) is 17.5 Å². The number of imidazole rings is 1. The summed E-state index contributed by atoms with van der Waals surface area (Å²) in [6.45, 7) is 2.03. The standard InChI is InChI=1S/C14H17N3O/c15-9-14-16-6-7-17(14)10-13-12-4-2-1-3-11(12)5-8-18-13/h1-4,6-7,13H,5,8-10,15H2. The van der Waals surface area contributed by atoms with E-state index in [1.165, 1.54) is 11.1 Å². The second-order valence-corrected chi connectivity index (χ2v) is 4.51. The molecule has 4 nitrogen and oxygen atoms in total. The zero-order valence-corrected chi connectivity index (χ0v) is 10.2. The highest BCUT2D eigenvalue weighted by Crippen LogP contribution is 2.28. The highest BCUT2D eigenvalue weighted by atomic mass is 16.5. The van der Waals surface area contributed by atoms with E-state index in [4.69, 9.17) is 10.5 Å². The summed E-state index contributed by atoms with van der Waals surface area (Å²) in [5, 5.41) is 0. The zero-order valence-electron chi connectivity index (χ0n) is 10.2. The molecule has 0 saturated heterocycles. The van der Waals surface area contributed by atoms with E-state index in [0.717, 1.165) is 25.4 Å². The van der Waals surface area contributed by atoms with Gasteiger partial charge in [-0.15, -0.1) is 0 Å². The Morgan fingerprint density at radius 3 is 3.17 bits per heavy atom. The van der Waals surface area contributed by atoms with Crippen molar-refractivity contribution in [2.24, 2.45) is 5.73 Å². The highest BCUT2D eigenvalue weighted by molar-refractivity contribution is 5.30. The van der Waals surface area contributed by atoms with Gasteiger partial charge in [0.15, 0.2) is 0 Å². The van der Waals surface area contributed by atoms with Crippen molar-refractivity contribution in [2.75, 3.05) is 6.61 Å². The molecule has 3 rings (SSSR count). The van der Waals surface area contributed by atoms with Gasteiger partial charge in [0, 0.05) is 12.4 Å². The van der Waals surface area contributed by atoms with Crippen molar-refractivity contribution in [3.8, 4) is 0 Å². The summed E-state index contributed by atoms with van der Waals surface area (Å²) < 4.78 is 7.96. The molecule has 0 bridgehead atoms. The SMILES string of the molecule is NCc1nccn1CC1OCCc2ccccc21. The first-order valence-corrected chi connectivity index (χ1v) is 6.28. The molecular formula is C14H17N3O. The third-order valence-electron chi connectivity index (χ3n) is 3.44. The van der Waals surface area contributed by atoms with Crippen LogP contribution in [0.4, 0.5) is 0 Å². The molecule has 0 fully saturated rings. The maximum Gasteiger partial charge on any atom is 0.122 e. The topological polar surface area (TPSA) is 53.1 Å². The lowest BCUT2D eigenvalue weighted by molar-refractivity contribution is 0.0301. The van der Waals surface area contributed by atoms with E-state index in [2.05, 4.69) is 33.8 Å². The van der Waals surface area contributed by atoms with Crippen LogP contribution in [0.15, 0.2) is 36.7 Å². The molecule has 94 valence electrons. The number of hydrogen-bond donors (Lipinski definition) is 1. The fourth-order valence-corrected chi connectivity index (χ4v) is 2.50. The molecule has 1 aromatic heterocycles. The lowest BCUT2D eigenvalue weighted by atomic mass is 9.97. The Hall–Kier alpha value is -1.65. The monoisotopic (exact) mass is 243 g/mol. The predicted octanol–water partition coefficient (Wildman–Crippen LogP) is 1.66. The minimum atomic E-state index is 0.106. The van der Waals surface area contributed by atoms with Gasteiger partial charge in [0.2, 0.25) is 0 Å². The van der Waals surface area contributed by atoms with Crippen LogP contribution in [0.25, 0.3) is 0 Å². The Labute approximate surface area is 106 Å². The summed E-state index contributed by atoms with van der Waals surface area (Å²) in [6, 6.07) is 8.49. The Balaban J connectivity index is 1.86. The molecule has 2 heterocycles. The van der Waals surface area contributed by atoms with Crippen molar-refractivity contribution < 1.29 is 4.74 Å². The van der Waals surface area contributed by atoms with Gasteiger partial charge in [0.1, 0.15) is 11.9 Å². The first-order valence-electron chi connectivity index (χ1n) is 6.28. The van der Waals surface area contributed by atoms with Crippen LogP contribution in [0.2, 0.25) is 0 Å². The number of benzene rings is 1. The number of fused-ring (bicyclic) bond motifs is 1. The highest BCUT2D eigenvalue weighted by Gasteiger charge is 2.21. The molecular weight excluding hydrogens is 226 g/mol. The fraction of sp³-hybridized carbons (Fsp3) is 0.357. The maximum atomic E-state index is 5.89. The minimum Gasteiger partial charge on any atom is -0.371 e. The average molecular weight is 243 g/mol. The normalized spacial score (nSPS) is 18.6. The number of rotatable bonds is 3. The Kier molecular flexibility index (Phi) is 3.13. The number of aromatic nitrogens is 2. The van der Waals surface area contributed by atoms with E-state index in [1.54, 1.807) is 6.20 Å². The van der Waals surface area contributed by atoms with Crippen LogP contribution in [0.5, 0.6) is 0 Å². The summed E-state index contributed by atoms with van der Waals surface area (Å²) >= 11 is 0. The van der Waals surface area contributed by atoms with Crippen LogP contribution in [0, 0.1) is 0 Å². The zero-order chi connectivity index (χ0) is 12.4. The van der Waals surface area contributed by atoms with Gasteiger partial charge in [-0.2, -0.15) is 0 Å². The summed E-state index contributed by atoms with van der Waals surface area (Å²) in [6.07, 6.45) is 4.86. The summed E-state index contributed by atoms with van der Waals surface area (Å²) in [4.78, 5) is 4.24. The molecule has 1 unspecified atom stereocenters. The molecule has 0 aliphatic carbocycles. The molecule has 18 heavy (non-hydrogen) atoms. The van der Waals surface area contributed by atoms with Gasteiger partial charge in [-0.1, -0.05) is 24.3 Å². The molecule has 2 N–H and O–H groups in total. The lowest BCUT2D eigenvalue weighted by Crippen LogP contribution is -2.21. The van der Waals surface area contributed by atoms with Gasteiger partial charge in [-0.25, -0.2) is 4.98 Å². The van der Waals surface area contributed by atoms with Crippen molar-refractivity contribution in [3.05, 3.63) is 53.6 Å². The number of hydrogen-bond acceptors (Lipinski definition) is 3. The lowest BCUT2D eigenvalue weighted by Gasteiger charge is -2.26. The van der Waals surface area contributed by atoms with Crippen molar-refractivity contribution in [1.29, 1.82) is 0 Å². The van der Waals surface area contributed by atoms with Gasteiger partial charge in [0.25, 0.3) is 0 Å². The number of ether oxygens (including phenoxy) is 1. The number of nitrogens with two attached hydrogens (primary N) is 1. The third kappa shape index (κ3) is 2.05. The molecule has 1 aromatic carbocycles. The molecule has 1 atom stereocenters. The van der Waals surface area contributed by atoms with Crippen LogP contribution < -0.4 is 5.73 Å². The minimum absolute atomic E-state index is 0.106. The Bertz CT molecular complexity index is 535. The van der Waals surface area contributed by atoms with Crippen LogP contribution in [0.1, 0.15) is 23.1 Å². The van der Waals surface area contributed by atoms with Crippen LogP contribution >= 0.6 is 0 Å². The second kappa shape index (κ2) is 4.92. The molecule has 1 aliphatic heterocycles. The quantitative estimate of drug-likeness (QED) is 0.892. The van der Waals surface area contributed by atoms with Crippen LogP contribution in [0.3, 0.4) is 0 Å². The first-order chi connectivity index (χ1) is 8.88. The van der Waals surface area contributed by atoms with E-state index >= 15 is 0 Å². The third-order valence-corrected chi connectivity index (χ3v) is 3.44. The van der Waals surface area contributed by atoms with Gasteiger partial charge >= 0.3 is 0 Å². The van der Waals surface area contributed by atoms with E-state index in [1.807, 2.05) is 6.20 Å². The van der Waals surface area contributed by atoms with E-state index in [9.17, 15) is 0 Å². The van der Waals surface area contributed by atoms with Gasteiger partial charge in [0.05, 0.1) is 19.7 Å². The second-order valence-electron chi connectivity index (χ2n) is 4.51. The average Bonchev–Trinajstić information content (AvgIpc) is 2.86. The van der Waals surface area contributed by atoms with Gasteiger partial charge < -0.3 is 15.0 Å². The van der Waals surface area contributed by atoms with Crippen LogP contribution in [-0.2, 0) is 24.2 Å². The Morgan fingerprint density at radius 2 is 2.28 bits per heavy atom. The number of nitrogens with zero attached hydrogens (tertiary/aromatic N) is 2. The molecule has 2 aromatic rings. The van der Waals surface area contributed by atoms with E-state index < -0.39 is 0 Å². The smallest absolute Gasteiger partial charge is 0.122 e. The van der Waals surface area contributed by atoms with Gasteiger partial charge in [-0.3, -0.25) is 0 Å². The Morgan fingerprint density at radius 1 is 1.39 bits per heavy atom. The summed E-state index contributed by atoms with van der Waals surface area (Å²) in [5.74, 6) is 0.904. The van der Waals surface area contributed by atoms with E-state index in [-0.39, 0.29) is 6.10 Å².